The van der Waals surface area contributed by atoms with E-state index in [1.165, 1.54) is 23.5 Å². The molecular weight excluding hydrogens is 432 g/mol. The summed E-state index contributed by atoms with van der Waals surface area (Å²) in [6, 6.07) is 13.9. The zero-order valence-electron chi connectivity index (χ0n) is 15.6. The number of aryl methyl sites for hydroxylation is 1. The number of hydrogen-bond acceptors (Lipinski definition) is 6. The molecule has 6 nitrogen and oxygen atoms in total. The number of benzene rings is 2. The van der Waals surface area contributed by atoms with Crippen molar-refractivity contribution in [1.82, 2.24) is 9.71 Å². The molecule has 0 atom stereocenters. The number of carbonyl (C=O) groups is 1. The van der Waals surface area contributed by atoms with Gasteiger partial charge in [-0.25, -0.2) is 18.1 Å². The molecule has 1 heterocycles. The minimum atomic E-state index is -3.65. The second-order valence-electron chi connectivity index (χ2n) is 6.25. The van der Waals surface area contributed by atoms with Crippen LogP contribution in [0, 0.1) is 6.92 Å². The van der Waals surface area contributed by atoms with Crippen LogP contribution in [-0.2, 0) is 26.2 Å². The van der Waals surface area contributed by atoms with Gasteiger partial charge in [-0.2, -0.15) is 0 Å². The van der Waals surface area contributed by atoms with E-state index in [0.717, 1.165) is 16.1 Å². The highest BCUT2D eigenvalue weighted by molar-refractivity contribution is 7.89. The first kappa shape index (κ1) is 21.4. The molecule has 9 heteroatoms. The summed E-state index contributed by atoms with van der Waals surface area (Å²) in [6.07, 6.45) is -0.0768. The van der Waals surface area contributed by atoms with E-state index in [1.807, 2.05) is 25.1 Å². The summed E-state index contributed by atoms with van der Waals surface area (Å²) in [5, 5.41) is 3.14. The zero-order chi connectivity index (χ0) is 20.9. The number of aromatic nitrogens is 1. The van der Waals surface area contributed by atoms with Crippen molar-refractivity contribution in [2.24, 2.45) is 0 Å². The van der Waals surface area contributed by atoms with Crippen LogP contribution in [0.4, 0.5) is 0 Å². The molecule has 0 bridgehead atoms. The fraction of sp³-hybridized carbons (Fsp3) is 0.200. The van der Waals surface area contributed by atoms with Gasteiger partial charge in [-0.1, -0.05) is 47.5 Å². The van der Waals surface area contributed by atoms with E-state index < -0.39 is 16.0 Å². The third-order valence-electron chi connectivity index (χ3n) is 3.99. The first-order chi connectivity index (χ1) is 13.8. The Morgan fingerprint density at radius 3 is 2.62 bits per heavy atom. The van der Waals surface area contributed by atoms with Gasteiger partial charge >= 0.3 is 5.97 Å². The number of thiazole rings is 1. The van der Waals surface area contributed by atoms with Crippen LogP contribution in [0.3, 0.4) is 0 Å². The van der Waals surface area contributed by atoms with Gasteiger partial charge in [-0.3, -0.25) is 4.79 Å². The molecule has 0 aliphatic heterocycles. The van der Waals surface area contributed by atoms with Crippen LogP contribution >= 0.6 is 22.9 Å². The quantitative estimate of drug-likeness (QED) is 0.520. The molecular formula is C20H19ClN2O4S2. The first-order valence-corrected chi connectivity index (χ1v) is 11.5. The van der Waals surface area contributed by atoms with Gasteiger partial charge in [-0.15, -0.1) is 11.3 Å². The molecule has 0 fully saturated rings. The Kier molecular flexibility index (Phi) is 7.02. The van der Waals surface area contributed by atoms with Crippen LogP contribution in [0.2, 0.25) is 5.02 Å². The molecule has 1 N–H and O–H groups in total. The summed E-state index contributed by atoms with van der Waals surface area (Å²) in [4.78, 5) is 16.5. The van der Waals surface area contributed by atoms with Gasteiger partial charge < -0.3 is 4.74 Å². The molecule has 0 aliphatic rings. The molecule has 3 aromatic rings. The van der Waals surface area contributed by atoms with E-state index in [4.69, 9.17) is 16.3 Å². The Morgan fingerprint density at radius 1 is 1.17 bits per heavy atom. The van der Waals surface area contributed by atoms with Gasteiger partial charge in [0.15, 0.2) is 0 Å². The van der Waals surface area contributed by atoms with Crippen molar-refractivity contribution in [3.63, 3.8) is 0 Å². The summed E-state index contributed by atoms with van der Waals surface area (Å²) in [5.74, 6) is -0.510. The number of esters is 1. The van der Waals surface area contributed by atoms with Crippen LogP contribution < -0.4 is 4.72 Å². The van der Waals surface area contributed by atoms with E-state index in [2.05, 4.69) is 9.71 Å². The fourth-order valence-corrected chi connectivity index (χ4v) is 4.60. The average Bonchev–Trinajstić information content (AvgIpc) is 3.16. The minimum Gasteiger partial charge on any atom is -0.459 e. The Morgan fingerprint density at radius 2 is 1.90 bits per heavy atom. The highest BCUT2D eigenvalue weighted by Crippen LogP contribution is 2.30. The van der Waals surface area contributed by atoms with Crippen molar-refractivity contribution < 1.29 is 17.9 Å². The highest BCUT2D eigenvalue weighted by Gasteiger charge is 2.15. The number of nitrogens with one attached hydrogen (secondary N) is 1. The molecule has 0 spiro atoms. The lowest BCUT2D eigenvalue weighted by Gasteiger charge is -2.07. The molecule has 0 saturated carbocycles. The molecule has 0 radical (unpaired) electrons. The molecule has 2 aromatic carbocycles. The number of rotatable bonds is 8. The smallest absolute Gasteiger partial charge is 0.307 e. The highest BCUT2D eigenvalue weighted by atomic mass is 35.5. The third-order valence-corrected chi connectivity index (χ3v) is 6.72. The maximum atomic E-state index is 12.2. The lowest BCUT2D eigenvalue weighted by atomic mass is 10.2. The van der Waals surface area contributed by atoms with Gasteiger partial charge in [0, 0.05) is 17.5 Å². The van der Waals surface area contributed by atoms with Crippen LogP contribution in [0.25, 0.3) is 10.6 Å². The van der Waals surface area contributed by atoms with Crippen LogP contribution in [0.5, 0.6) is 0 Å². The van der Waals surface area contributed by atoms with Crippen molar-refractivity contribution in [3.8, 4) is 10.6 Å². The number of halogens is 1. The normalized spacial score (nSPS) is 11.4. The predicted molar refractivity (Wildman–Crippen MR) is 113 cm³/mol. The maximum absolute atomic E-state index is 12.2. The van der Waals surface area contributed by atoms with Crippen molar-refractivity contribution in [2.45, 2.75) is 24.8 Å². The molecule has 0 saturated heterocycles. The minimum absolute atomic E-state index is 0.0184. The SMILES string of the molecule is Cc1ccc(S(=O)(=O)NCCC(=O)OCc2csc(-c3ccccc3Cl)n2)cc1. The van der Waals surface area contributed by atoms with Gasteiger partial charge in [0.05, 0.1) is 22.0 Å². The third kappa shape index (κ3) is 5.86. The van der Waals surface area contributed by atoms with Gasteiger partial charge in [0.25, 0.3) is 0 Å². The number of ether oxygens (including phenoxy) is 1. The number of hydrogen-bond donors (Lipinski definition) is 1. The average molecular weight is 451 g/mol. The molecule has 29 heavy (non-hydrogen) atoms. The summed E-state index contributed by atoms with van der Waals surface area (Å²) >= 11 is 7.58. The van der Waals surface area contributed by atoms with E-state index in [9.17, 15) is 13.2 Å². The van der Waals surface area contributed by atoms with Crippen LogP contribution in [-0.4, -0.2) is 25.9 Å². The molecule has 1 aromatic heterocycles. The molecule has 0 unspecified atom stereocenters. The van der Waals surface area contributed by atoms with E-state index >= 15 is 0 Å². The van der Waals surface area contributed by atoms with E-state index in [1.54, 1.807) is 23.6 Å². The monoisotopic (exact) mass is 450 g/mol. The van der Waals surface area contributed by atoms with Crippen LogP contribution in [0.1, 0.15) is 17.7 Å². The Hall–Kier alpha value is -2.26. The number of carbonyl (C=O) groups excluding carboxylic acids is 1. The fourth-order valence-electron chi connectivity index (χ4n) is 2.45. The Balaban J connectivity index is 1.47. The maximum Gasteiger partial charge on any atom is 0.307 e. The lowest BCUT2D eigenvalue weighted by molar-refractivity contribution is -0.144. The first-order valence-electron chi connectivity index (χ1n) is 8.76. The number of nitrogens with zero attached hydrogens (tertiary/aromatic N) is 1. The summed E-state index contributed by atoms with van der Waals surface area (Å²) < 4.78 is 32.0. The van der Waals surface area contributed by atoms with E-state index in [0.29, 0.717) is 10.7 Å². The zero-order valence-corrected chi connectivity index (χ0v) is 18.0. The van der Waals surface area contributed by atoms with Crippen molar-refractivity contribution in [1.29, 1.82) is 0 Å². The summed E-state index contributed by atoms with van der Waals surface area (Å²) in [5.41, 5.74) is 2.40. The molecule has 152 valence electrons. The van der Waals surface area contributed by atoms with Crippen molar-refractivity contribution in [2.75, 3.05) is 6.54 Å². The standard InChI is InChI=1S/C20H19ClN2O4S2/c1-14-6-8-16(9-7-14)29(25,26)22-11-10-19(24)27-12-15-13-28-20(23-15)17-4-2-3-5-18(17)21/h2-9,13,22H,10-12H2,1H3. The summed E-state index contributed by atoms with van der Waals surface area (Å²) in [7, 11) is -3.65. The van der Waals surface area contributed by atoms with Gasteiger partial charge in [-0.05, 0) is 25.1 Å². The Labute approximate surface area is 178 Å². The van der Waals surface area contributed by atoms with Crippen LogP contribution in [0.15, 0.2) is 58.8 Å². The molecule has 0 aliphatic carbocycles. The topological polar surface area (TPSA) is 85.4 Å². The van der Waals surface area contributed by atoms with Crippen molar-refractivity contribution >= 4 is 38.9 Å². The largest absolute Gasteiger partial charge is 0.459 e. The van der Waals surface area contributed by atoms with Gasteiger partial charge in [0.1, 0.15) is 11.6 Å². The summed E-state index contributed by atoms with van der Waals surface area (Å²) in [6.45, 7) is 1.85. The van der Waals surface area contributed by atoms with Crippen molar-refractivity contribution in [3.05, 3.63) is 70.2 Å². The molecule has 3 rings (SSSR count). The second kappa shape index (κ2) is 9.49. The van der Waals surface area contributed by atoms with Gasteiger partial charge in [0.2, 0.25) is 10.0 Å². The lowest BCUT2D eigenvalue weighted by Crippen LogP contribution is -2.26. The predicted octanol–water partition coefficient (Wildman–Crippen LogP) is 4.18. The second-order valence-corrected chi connectivity index (χ2v) is 9.28. The van der Waals surface area contributed by atoms with E-state index in [-0.39, 0.29) is 24.5 Å². The molecule has 0 amide bonds. The number of sulfonamides is 1. The Bertz CT molecular complexity index is 1100.